The summed E-state index contributed by atoms with van der Waals surface area (Å²) in [5, 5.41) is 14.6. The topological polar surface area (TPSA) is 87.7 Å². The van der Waals surface area contributed by atoms with Gasteiger partial charge in [0.2, 0.25) is 5.91 Å². The van der Waals surface area contributed by atoms with Gasteiger partial charge in [-0.25, -0.2) is 9.18 Å². The molecule has 0 spiro atoms. The fourth-order valence-electron chi connectivity index (χ4n) is 2.14. The van der Waals surface area contributed by atoms with E-state index >= 15 is 0 Å². The van der Waals surface area contributed by atoms with Crippen LogP contribution in [0.5, 0.6) is 0 Å². The highest BCUT2D eigenvalue weighted by molar-refractivity contribution is 6.00. The molecule has 1 aromatic carbocycles. The average Bonchev–Trinajstić information content (AvgIpc) is 2.48. The lowest BCUT2D eigenvalue weighted by Gasteiger charge is -2.22. The van der Waals surface area contributed by atoms with Gasteiger partial charge in [-0.3, -0.25) is 4.79 Å². The highest BCUT2D eigenvalue weighted by Crippen LogP contribution is 2.17. The van der Waals surface area contributed by atoms with E-state index in [4.69, 9.17) is 9.84 Å². The van der Waals surface area contributed by atoms with Gasteiger partial charge in [0, 0.05) is 0 Å². The number of carbonyl (C=O) groups is 2. The van der Waals surface area contributed by atoms with Crippen LogP contribution >= 0.6 is 0 Å². The summed E-state index contributed by atoms with van der Waals surface area (Å²) in [6, 6.07) is 3.18. The van der Waals surface area contributed by atoms with Crippen molar-refractivity contribution in [2.24, 2.45) is 0 Å². The van der Waals surface area contributed by atoms with Gasteiger partial charge < -0.3 is 20.5 Å². The number of anilines is 1. The summed E-state index contributed by atoms with van der Waals surface area (Å²) in [6.07, 6.45) is 1.71. The Balaban J connectivity index is 1.91. The van der Waals surface area contributed by atoms with Crippen molar-refractivity contribution in [3.8, 4) is 0 Å². The minimum Gasteiger partial charge on any atom is -0.478 e. The lowest BCUT2D eigenvalue weighted by atomic mass is 10.1. The van der Waals surface area contributed by atoms with E-state index in [1.165, 1.54) is 6.07 Å². The summed E-state index contributed by atoms with van der Waals surface area (Å²) in [4.78, 5) is 22.8. The summed E-state index contributed by atoms with van der Waals surface area (Å²) in [5.41, 5.74) is -0.229. The van der Waals surface area contributed by atoms with Gasteiger partial charge in [0.25, 0.3) is 0 Å². The Morgan fingerprint density at radius 3 is 2.76 bits per heavy atom. The quantitative estimate of drug-likeness (QED) is 0.760. The molecule has 0 atom stereocenters. The second-order valence-electron chi connectivity index (χ2n) is 4.80. The zero-order valence-corrected chi connectivity index (χ0v) is 11.4. The summed E-state index contributed by atoms with van der Waals surface area (Å²) < 4.78 is 18.5. The van der Waals surface area contributed by atoms with E-state index in [1.54, 1.807) is 0 Å². The van der Waals surface area contributed by atoms with Crippen molar-refractivity contribution < 1.29 is 23.8 Å². The zero-order valence-electron chi connectivity index (χ0n) is 11.4. The number of hydrogen-bond acceptors (Lipinski definition) is 4. The average molecular weight is 296 g/mol. The van der Waals surface area contributed by atoms with Crippen LogP contribution in [0.25, 0.3) is 0 Å². The number of rotatable bonds is 5. The summed E-state index contributed by atoms with van der Waals surface area (Å²) in [5.74, 6) is -2.43. The smallest absolute Gasteiger partial charge is 0.337 e. The van der Waals surface area contributed by atoms with Gasteiger partial charge in [-0.05, 0) is 44.1 Å². The third-order valence-corrected chi connectivity index (χ3v) is 3.22. The molecule has 0 unspecified atom stereocenters. The van der Waals surface area contributed by atoms with Gasteiger partial charge in [0.15, 0.2) is 0 Å². The lowest BCUT2D eigenvalue weighted by Crippen LogP contribution is -2.34. The molecule has 1 aromatic rings. The summed E-state index contributed by atoms with van der Waals surface area (Å²) in [7, 11) is 0. The van der Waals surface area contributed by atoms with Gasteiger partial charge in [0.05, 0.1) is 17.4 Å². The fraction of sp³-hybridized carbons (Fsp3) is 0.429. The van der Waals surface area contributed by atoms with E-state index in [0.29, 0.717) is 0 Å². The highest BCUT2D eigenvalue weighted by Gasteiger charge is 2.17. The molecule has 6 nitrogen and oxygen atoms in total. The Bertz CT molecular complexity index is 530. The first-order valence-corrected chi connectivity index (χ1v) is 6.71. The van der Waals surface area contributed by atoms with Crippen molar-refractivity contribution in [3.63, 3.8) is 0 Å². The van der Waals surface area contributed by atoms with E-state index in [0.717, 1.165) is 38.1 Å². The first kappa shape index (κ1) is 15.4. The lowest BCUT2D eigenvalue weighted by molar-refractivity contribution is -0.123. The molecular weight excluding hydrogens is 279 g/mol. The molecule has 0 bridgehead atoms. The number of carbonyl (C=O) groups excluding carboxylic acids is 1. The maximum absolute atomic E-state index is 13.0. The fourth-order valence-corrected chi connectivity index (χ4v) is 2.14. The Morgan fingerprint density at radius 1 is 1.38 bits per heavy atom. The monoisotopic (exact) mass is 296 g/mol. The van der Waals surface area contributed by atoms with Crippen LogP contribution in [-0.4, -0.2) is 42.8 Å². The summed E-state index contributed by atoms with van der Waals surface area (Å²) >= 11 is 0. The van der Waals surface area contributed by atoms with Crippen LogP contribution in [0.4, 0.5) is 10.1 Å². The third kappa shape index (κ3) is 4.51. The number of nitrogens with one attached hydrogen (secondary N) is 2. The van der Waals surface area contributed by atoms with E-state index in [-0.39, 0.29) is 24.0 Å². The standard InChI is InChI=1S/C14H17FN2O4/c15-9-1-2-12(11(7-9)14(19)20)17-13(18)8-21-10-3-5-16-6-4-10/h1-2,7,10,16H,3-6,8H2,(H,17,18)(H,19,20). The van der Waals surface area contributed by atoms with Crippen LogP contribution in [0.15, 0.2) is 18.2 Å². The molecular formula is C14H17FN2O4. The molecule has 7 heteroatoms. The minimum atomic E-state index is -1.30. The zero-order chi connectivity index (χ0) is 15.2. The Morgan fingerprint density at radius 2 is 2.10 bits per heavy atom. The third-order valence-electron chi connectivity index (χ3n) is 3.22. The van der Waals surface area contributed by atoms with Crippen LogP contribution in [0, 0.1) is 5.82 Å². The predicted octanol–water partition coefficient (Wildman–Crippen LogP) is 1.23. The molecule has 1 aliphatic rings. The predicted molar refractivity (Wildman–Crippen MR) is 73.8 cm³/mol. The molecule has 21 heavy (non-hydrogen) atoms. The molecule has 114 valence electrons. The van der Waals surface area contributed by atoms with Gasteiger partial charge in [-0.15, -0.1) is 0 Å². The Hall–Kier alpha value is -1.99. The number of ether oxygens (including phenoxy) is 1. The number of amides is 1. The molecule has 1 fully saturated rings. The number of benzene rings is 1. The largest absolute Gasteiger partial charge is 0.478 e. The van der Waals surface area contributed by atoms with Gasteiger partial charge in [-0.2, -0.15) is 0 Å². The number of hydrogen-bond donors (Lipinski definition) is 3. The van der Waals surface area contributed by atoms with Crippen molar-refractivity contribution in [1.29, 1.82) is 0 Å². The summed E-state index contributed by atoms with van der Waals surface area (Å²) in [6.45, 7) is 1.56. The molecule has 1 aliphatic heterocycles. The first-order chi connectivity index (χ1) is 10.1. The molecule has 3 N–H and O–H groups in total. The molecule has 0 aliphatic carbocycles. The van der Waals surface area contributed by atoms with Gasteiger partial charge in [0.1, 0.15) is 12.4 Å². The number of aromatic carboxylic acids is 1. The molecule has 0 radical (unpaired) electrons. The number of carboxylic acid groups (broad SMARTS) is 1. The molecule has 1 heterocycles. The van der Waals surface area contributed by atoms with Crippen molar-refractivity contribution in [3.05, 3.63) is 29.6 Å². The Labute approximate surface area is 121 Å². The molecule has 1 amide bonds. The first-order valence-electron chi connectivity index (χ1n) is 6.71. The van der Waals surface area contributed by atoms with Crippen molar-refractivity contribution in [2.45, 2.75) is 18.9 Å². The van der Waals surface area contributed by atoms with Crippen LogP contribution in [0.3, 0.4) is 0 Å². The van der Waals surface area contributed by atoms with Crippen molar-refractivity contribution >= 4 is 17.6 Å². The van der Waals surface area contributed by atoms with Crippen molar-refractivity contribution in [1.82, 2.24) is 5.32 Å². The van der Waals surface area contributed by atoms with Crippen molar-refractivity contribution in [2.75, 3.05) is 25.0 Å². The van der Waals surface area contributed by atoms with Crippen LogP contribution < -0.4 is 10.6 Å². The molecule has 1 saturated heterocycles. The maximum atomic E-state index is 13.0. The van der Waals surface area contributed by atoms with Gasteiger partial charge >= 0.3 is 5.97 Å². The van der Waals surface area contributed by atoms with Crippen LogP contribution in [-0.2, 0) is 9.53 Å². The molecule has 0 saturated carbocycles. The van der Waals surface area contributed by atoms with E-state index < -0.39 is 17.7 Å². The normalized spacial score (nSPS) is 15.7. The number of carboxylic acids is 1. The maximum Gasteiger partial charge on any atom is 0.337 e. The number of halogens is 1. The molecule has 0 aromatic heterocycles. The van der Waals surface area contributed by atoms with Crippen LogP contribution in [0.2, 0.25) is 0 Å². The van der Waals surface area contributed by atoms with Gasteiger partial charge in [-0.1, -0.05) is 0 Å². The van der Waals surface area contributed by atoms with E-state index in [2.05, 4.69) is 10.6 Å². The Kier molecular flexibility index (Phi) is 5.24. The molecule has 2 rings (SSSR count). The second-order valence-corrected chi connectivity index (χ2v) is 4.80. The van der Waals surface area contributed by atoms with Crippen LogP contribution in [0.1, 0.15) is 23.2 Å². The van der Waals surface area contributed by atoms with E-state index in [1.807, 2.05) is 0 Å². The highest BCUT2D eigenvalue weighted by atomic mass is 19.1. The SMILES string of the molecule is O=C(COC1CCNCC1)Nc1ccc(F)cc1C(=O)O. The minimum absolute atomic E-state index is 0.0316. The van der Waals surface area contributed by atoms with E-state index in [9.17, 15) is 14.0 Å². The number of piperidine rings is 1. The second kappa shape index (κ2) is 7.14.